The molecule has 0 fully saturated rings. The van der Waals surface area contributed by atoms with Crippen LogP contribution in [0.1, 0.15) is 21.9 Å². The van der Waals surface area contributed by atoms with Gasteiger partial charge in [-0.3, -0.25) is 0 Å². The van der Waals surface area contributed by atoms with Gasteiger partial charge in [0.05, 0.1) is 6.26 Å². The van der Waals surface area contributed by atoms with Crippen molar-refractivity contribution in [2.24, 2.45) is 0 Å². The summed E-state index contributed by atoms with van der Waals surface area (Å²) in [5, 5.41) is 9.05. The summed E-state index contributed by atoms with van der Waals surface area (Å²) in [7, 11) is 0. The third-order valence-corrected chi connectivity index (χ3v) is 2.54. The minimum absolute atomic E-state index is 0.270. The van der Waals surface area contributed by atoms with Gasteiger partial charge in [-0.15, -0.1) is 6.58 Å². The molecule has 0 radical (unpaired) electrons. The molecule has 0 saturated heterocycles. The number of rotatable bonds is 5. The van der Waals surface area contributed by atoms with Crippen molar-refractivity contribution in [3.8, 4) is 0 Å². The highest BCUT2D eigenvalue weighted by atomic mass is 16.4. The Balaban J connectivity index is 2.33. The van der Waals surface area contributed by atoms with Gasteiger partial charge in [0.15, 0.2) is 0 Å². The maximum absolute atomic E-state index is 11.0. The predicted octanol–water partition coefficient (Wildman–Crippen LogP) is 2.56. The average Bonchev–Trinajstić information content (AvgIpc) is 2.90. The van der Waals surface area contributed by atoms with Crippen molar-refractivity contribution in [3.05, 3.63) is 60.3 Å². The van der Waals surface area contributed by atoms with E-state index in [1.165, 1.54) is 0 Å². The molecule has 0 saturated carbocycles. The van der Waals surface area contributed by atoms with Gasteiger partial charge in [0.1, 0.15) is 11.5 Å². The Morgan fingerprint density at radius 1 is 1.47 bits per heavy atom. The summed E-state index contributed by atoms with van der Waals surface area (Å²) in [5.74, 6) is -0.122. The largest absolute Gasteiger partial charge is 0.477 e. The summed E-state index contributed by atoms with van der Waals surface area (Å²) < 4.78 is 6.97. The van der Waals surface area contributed by atoms with E-state index in [-0.39, 0.29) is 5.69 Å². The minimum Gasteiger partial charge on any atom is -0.477 e. The lowest BCUT2D eigenvalue weighted by Gasteiger charge is -2.07. The van der Waals surface area contributed by atoms with Crippen LogP contribution >= 0.6 is 0 Å². The van der Waals surface area contributed by atoms with E-state index in [9.17, 15) is 4.79 Å². The van der Waals surface area contributed by atoms with E-state index in [0.29, 0.717) is 13.0 Å². The maximum atomic E-state index is 11.0. The van der Waals surface area contributed by atoms with Crippen LogP contribution < -0.4 is 0 Å². The summed E-state index contributed by atoms with van der Waals surface area (Å²) in [6.45, 7) is 4.11. The zero-order valence-electron chi connectivity index (χ0n) is 9.30. The second kappa shape index (κ2) is 4.74. The van der Waals surface area contributed by atoms with E-state index in [2.05, 4.69) is 6.58 Å². The molecule has 0 aliphatic rings. The molecular formula is C13H13NO3. The van der Waals surface area contributed by atoms with Gasteiger partial charge in [-0.05, 0) is 24.3 Å². The fourth-order valence-corrected chi connectivity index (χ4v) is 1.79. The third kappa shape index (κ3) is 2.30. The minimum atomic E-state index is -0.933. The predicted molar refractivity (Wildman–Crippen MR) is 63.1 cm³/mol. The van der Waals surface area contributed by atoms with E-state index < -0.39 is 5.97 Å². The van der Waals surface area contributed by atoms with Crippen molar-refractivity contribution in [1.82, 2.24) is 4.57 Å². The molecule has 1 N–H and O–H groups in total. The lowest BCUT2D eigenvalue weighted by molar-refractivity contribution is 0.0685. The van der Waals surface area contributed by atoms with Gasteiger partial charge in [0.25, 0.3) is 0 Å². The number of nitrogens with zero attached hydrogens (tertiary/aromatic N) is 1. The van der Waals surface area contributed by atoms with Gasteiger partial charge in [-0.2, -0.15) is 0 Å². The average molecular weight is 231 g/mol. The summed E-state index contributed by atoms with van der Waals surface area (Å²) >= 11 is 0. The number of hydrogen-bond acceptors (Lipinski definition) is 2. The van der Waals surface area contributed by atoms with Crippen molar-refractivity contribution in [2.45, 2.75) is 13.0 Å². The molecule has 0 bridgehead atoms. The van der Waals surface area contributed by atoms with Crippen LogP contribution in [0.4, 0.5) is 0 Å². The van der Waals surface area contributed by atoms with Crippen LogP contribution in [0.2, 0.25) is 0 Å². The van der Waals surface area contributed by atoms with Crippen LogP contribution in [-0.2, 0) is 13.0 Å². The van der Waals surface area contributed by atoms with Crippen molar-refractivity contribution in [2.75, 3.05) is 0 Å². The smallest absolute Gasteiger partial charge is 0.352 e. The Kier molecular flexibility index (Phi) is 3.14. The molecule has 4 nitrogen and oxygen atoms in total. The second-order valence-electron chi connectivity index (χ2n) is 3.67. The number of carboxylic acid groups (broad SMARTS) is 1. The normalized spacial score (nSPS) is 10.4. The van der Waals surface area contributed by atoms with Gasteiger partial charge >= 0.3 is 5.97 Å². The Morgan fingerprint density at radius 3 is 2.88 bits per heavy atom. The number of aromatic nitrogens is 1. The van der Waals surface area contributed by atoms with Crippen LogP contribution in [0.15, 0.2) is 47.6 Å². The SMILES string of the molecule is C=CCn1c(Cc2ccco2)ccc1C(=O)O. The highest BCUT2D eigenvalue weighted by Gasteiger charge is 2.13. The van der Waals surface area contributed by atoms with Crippen LogP contribution in [0.25, 0.3) is 0 Å². The number of allylic oxidation sites excluding steroid dienone is 1. The van der Waals surface area contributed by atoms with Gasteiger partial charge in [0, 0.05) is 18.7 Å². The van der Waals surface area contributed by atoms with Crippen LogP contribution in [0.3, 0.4) is 0 Å². The Bertz CT molecular complexity index is 523. The lowest BCUT2D eigenvalue weighted by atomic mass is 10.2. The van der Waals surface area contributed by atoms with E-state index in [1.54, 1.807) is 29.0 Å². The first-order chi connectivity index (χ1) is 8.22. The Labute approximate surface area is 98.8 Å². The summed E-state index contributed by atoms with van der Waals surface area (Å²) in [6, 6.07) is 7.08. The summed E-state index contributed by atoms with van der Waals surface area (Å²) in [5.41, 5.74) is 1.17. The number of hydrogen-bond donors (Lipinski definition) is 1. The molecule has 2 rings (SSSR count). The molecule has 0 aliphatic carbocycles. The molecule has 88 valence electrons. The second-order valence-corrected chi connectivity index (χ2v) is 3.67. The van der Waals surface area contributed by atoms with Crippen LogP contribution in [-0.4, -0.2) is 15.6 Å². The molecule has 0 spiro atoms. The first-order valence-corrected chi connectivity index (χ1v) is 5.27. The Morgan fingerprint density at radius 2 is 2.29 bits per heavy atom. The molecule has 17 heavy (non-hydrogen) atoms. The molecule has 4 heteroatoms. The fraction of sp³-hybridized carbons (Fsp3) is 0.154. The Hall–Kier alpha value is -2.23. The van der Waals surface area contributed by atoms with Gasteiger partial charge in [-0.25, -0.2) is 4.79 Å². The maximum Gasteiger partial charge on any atom is 0.352 e. The van der Waals surface area contributed by atoms with Crippen LogP contribution in [0.5, 0.6) is 0 Å². The van der Waals surface area contributed by atoms with E-state index in [0.717, 1.165) is 11.5 Å². The quantitative estimate of drug-likeness (QED) is 0.804. The van der Waals surface area contributed by atoms with E-state index in [1.807, 2.05) is 12.1 Å². The molecular weight excluding hydrogens is 218 g/mol. The zero-order valence-corrected chi connectivity index (χ0v) is 9.30. The topological polar surface area (TPSA) is 55.4 Å². The number of carboxylic acids is 1. The first kappa shape index (κ1) is 11.3. The van der Waals surface area contributed by atoms with Crippen molar-refractivity contribution >= 4 is 5.97 Å². The molecule has 0 unspecified atom stereocenters. The lowest BCUT2D eigenvalue weighted by Crippen LogP contribution is -2.10. The molecule has 0 atom stereocenters. The van der Waals surface area contributed by atoms with Gasteiger partial charge in [-0.1, -0.05) is 6.08 Å². The third-order valence-electron chi connectivity index (χ3n) is 2.54. The van der Waals surface area contributed by atoms with Crippen molar-refractivity contribution in [3.63, 3.8) is 0 Å². The van der Waals surface area contributed by atoms with Gasteiger partial charge in [0.2, 0.25) is 0 Å². The molecule has 0 aliphatic heterocycles. The molecule has 0 aromatic carbocycles. The first-order valence-electron chi connectivity index (χ1n) is 5.27. The van der Waals surface area contributed by atoms with Crippen LogP contribution in [0, 0.1) is 0 Å². The highest BCUT2D eigenvalue weighted by Crippen LogP contribution is 2.15. The molecule has 2 heterocycles. The zero-order chi connectivity index (χ0) is 12.3. The summed E-state index contributed by atoms with van der Waals surface area (Å²) in [4.78, 5) is 11.0. The molecule has 2 aromatic rings. The van der Waals surface area contributed by atoms with E-state index in [4.69, 9.17) is 9.52 Å². The van der Waals surface area contributed by atoms with Crippen molar-refractivity contribution < 1.29 is 14.3 Å². The number of aromatic carboxylic acids is 1. The molecule has 0 amide bonds. The number of furan rings is 1. The van der Waals surface area contributed by atoms with Crippen molar-refractivity contribution in [1.29, 1.82) is 0 Å². The van der Waals surface area contributed by atoms with E-state index >= 15 is 0 Å². The summed E-state index contributed by atoms with van der Waals surface area (Å²) in [6.07, 6.45) is 3.86. The number of carbonyl (C=O) groups is 1. The monoisotopic (exact) mass is 231 g/mol. The fourth-order valence-electron chi connectivity index (χ4n) is 1.79. The molecule has 2 aromatic heterocycles. The van der Waals surface area contributed by atoms with Gasteiger partial charge < -0.3 is 14.1 Å². The highest BCUT2D eigenvalue weighted by molar-refractivity contribution is 5.86. The standard InChI is InChI=1S/C13H13NO3/c1-2-7-14-10(5-6-12(14)13(15)16)9-11-4-3-8-17-11/h2-6,8H,1,7,9H2,(H,15,16).